The minimum Gasteiger partial charge on any atom is -0.378 e. The van der Waals surface area contributed by atoms with E-state index >= 15 is 0 Å². The third kappa shape index (κ3) is 2.45. The smallest absolute Gasteiger partial charge is 0.146 e. The van der Waals surface area contributed by atoms with E-state index in [1.165, 1.54) is 6.07 Å². The second-order valence-corrected chi connectivity index (χ2v) is 3.72. The molecule has 1 aromatic rings. The second-order valence-electron chi connectivity index (χ2n) is 3.72. The van der Waals surface area contributed by atoms with E-state index in [-0.39, 0.29) is 17.9 Å². The highest BCUT2D eigenvalue weighted by Crippen LogP contribution is 2.19. The minimum absolute atomic E-state index is 0.00555. The lowest BCUT2D eigenvalue weighted by molar-refractivity contribution is 0.606. The molecule has 0 amide bonds. The molecule has 0 fully saturated rings. The number of nitrogens with two attached hydrogens (primary N) is 1. The molecule has 0 radical (unpaired) electrons. The van der Waals surface area contributed by atoms with Crippen LogP contribution in [0.5, 0.6) is 0 Å². The van der Waals surface area contributed by atoms with Crippen molar-refractivity contribution in [2.45, 2.75) is 32.9 Å². The maximum Gasteiger partial charge on any atom is 0.146 e. The van der Waals surface area contributed by atoms with Gasteiger partial charge in [0.15, 0.2) is 0 Å². The van der Waals surface area contributed by atoms with Crippen molar-refractivity contribution in [1.29, 1.82) is 0 Å². The normalized spacial score (nSPS) is 14.9. The van der Waals surface area contributed by atoms with Gasteiger partial charge in [-0.25, -0.2) is 4.39 Å². The van der Waals surface area contributed by atoms with Crippen LogP contribution in [-0.2, 0) is 0 Å². The zero-order valence-electron chi connectivity index (χ0n) is 8.84. The van der Waals surface area contributed by atoms with E-state index in [1.54, 1.807) is 6.07 Å². The van der Waals surface area contributed by atoms with Crippen LogP contribution in [0, 0.1) is 12.7 Å². The van der Waals surface area contributed by atoms with Gasteiger partial charge in [-0.3, -0.25) is 0 Å². The van der Waals surface area contributed by atoms with E-state index in [0.29, 0.717) is 5.69 Å². The van der Waals surface area contributed by atoms with Gasteiger partial charge in [-0.2, -0.15) is 0 Å². The SMILES string of the molecule is Cc1cccc(F)c1NC(C)C(C)N. The molecule has 0 saturated carbocycles. The van der Waals surface area contributed by atoms with E-state index in [4.69, 9.17) is 5.73 Å². The molecule has 0 spiro atoms. The standard InChI is InChI=1S/C11H17FN2/c1-7-5-4-6-10(12)11(7)14-9(3)8(2)13/h4-6,8-9,14H,13H2,1-3H3. The number of benzene rings is 1. The quantitative estimate of drug-likeness (QED) is 0.778. The summed E-state index contributed by atoms with van der Waals surface area (Å²) in [6, 6.07) is 5.08. The molecule has 0 aliphatic rings. The maximum atomic E-state index is 13.4. The Labute approximate surface area is 84.3 Å². The van der Waals surface area contributed by atoms with Crippen molar-refractivity contribution in [3.8, 4) is 0 Å². The topological polar surface area (TPSA) is 38.0 Å². The average molecular weight is 196 g/mol. The molecule has 1 rings (SSSR count). The van der Waals surface area contributed by atoms with Crippen LogP contribution < -0.4 is 11.1 Å². The van der Waals surface area contributed by atoms with E-state index < -0.39 is 0 Å². The van der Waals surface area contributed by atoms with Gasteiger partial charge in [0, 0.05) is 12.1 Å². The molecule has 14 heavy (non-hydrogen) atoms. The average Bonchev–Trinajstić information content (AvgIpc) is 2.11. The Hall–Kier alpha value is -1.09. The number of rotatable bonds is 3. The van der Waals surface area contributed by atoms with E-state index in [0.717, 1.165) is 5.56 Å². The first-order valence-corrected chi connectivity index (χ1v) is 4.79. The molecule has 2 atom stereocenters. The molecule has 2 unspecified atom stereocenters. The summed E-state index contributed by atoms with van der Waals surface area (Å²) >= 11 is 0. The fourth-order valence-corrected chi connectivity index (χ4v) is 1.17. The number of aryl methyl sites for hydroxylation is 1. The molecule has 0 aliphatic carbocycles. The molecule has 3 heteroatoms. The van der Waals surface area contributed by atoms with Gasteiger partial charge in [0.25, 0.3) is 0 Å². The van der Waals surface area contributed by atoms with Crippen LogP contribution in [-0.4, -0.2) is 12.1 Å². The highest BCUT2D eigenvalue weighted by molar-refractivity contribution is 5.52. The zero-order chi connectivity index (χ0) is 10.7. The van der Waals surface area contributed by atoms with Crippen molar-refractivity contribution in [3.63, 3.8) is 0 Å². The molecule has 3 N–H and O–H groups in total. The van der Waals surface area contributed by atoms with Crippen molar-refractivity contribution in [3.05, 3.63) is 29.6 Å². The molecular weight excluding hydrogens is 179 g/mol. The number of hydrogen-bond acceptors (Lipinski definition) is 2. The van der Waals surface area contributed by atoms with Crippen LogP contribution in [0.2, 0.25) is 0 Å². The fourth-order valence-electron chi connectivity index (χ4n) is 1.17. The first-order chi connectivity index (χ1) is 6.52. The van der Waals surface area contributed by atoms with Gasteiger partial charge < -0.3 is 11.1 Å². The van der Waals surface area contributed by atoms with Crippen molar-refractivity contribution in [1.82, 2.24) is 0 Å². The molecule has 0 heterocycles. The number of anilines is 1. The molecule has 0 aromatic heterocycles. The second kappa shape index (κ2) is 4.42. The summed E-state index contributed by atoms with van der Waals surface area (Å²) < 4.78 is 13.4. The van der Waals surface area contributed by atoms with Gasteiger partial charge in [-0.1, -0.05) is 12.1 Å². The Morgan fingerprint density at radius 2 is 2.00 bits per heavy atom. The minimum atomic E-state index is -0.225. The van der Waals surface area contributed by atoms with Gasteiger partial charge in [0.1, 0.15) is 5.82 Å². The van der Waals surface area contributed by atoms with Crippen molar-refractivity contribution in [2.75, 3.05) is 5.32 Å². The van der Waals surface area contributed by atoms with Crippen molar-refractivity contribution in [2.24, 2.45) is 5.73 Å². The van der Waals surface area contributed by atoms with Crippen LogP contribution in [0.25, 0.3) is 0 Å². The molecule has 0 bridgehead atoms. The largest absolute Gasteiger partial charge is 0.378 e. The Kier molecular flexibility index (Phi) is 3.47. The lowest BCUT2D eigenvalue weighted by Crippen LogP contribution is -2.35. The first-order valence-electron chi connectivity index (χ1n) is 4.79. The van der Waals surface area contributed by atoms with Crippen LogP contribution in [0.3, 0.4) is 0 Å². The Morgan fingerprint density at radius 1 is 1.36 bits per heavy atom. The lowest BCUT2D eigenvalue weighted by Gasteiger charge is -2.20. The summed E-state index contributed by atoms with van der Waals surface area (Å²) in [6.07, 6.45) is 0. The lowest BCUT2D eigenvalue weighted by atomic mass is 10.1. The van der Waals surface area contributed by atoms with Crippen molar-refractivity contribution < 1.29 is 4.39 Å². The predicted molar refractivity (Wildman–Crippen MR) is 57.9 cm³/mol. The highest BCUT2D eigenvalue weighted by Gasteiger charge is 2.11. The van der Waals surface area contributed by atoms with Gasteiger partial charge in [0.05, 0.1) is 5.69 Å². The van der Waals surface area contributed by atoms with E-state index in [9.17, 15) is 4.39 Å². The maximum absolute atomic E-state index is 13.4. The summed E-state index contributed by atoms with van der Waals surface area (Å²) in [5.41, 5.74) is 7.15. The molecule has 78 valence electrons. The summed E-state index contributed by atoms with van der Waals surface area (Å²) in [5, 5.41) is 3.08. The van der Waals surface area contributed by atoms with Gasteiger partial charge >= 0.3 is 0 Å². The first kappa shape index (κ1) is 11.0. The Balaban J connectivity index is 2.85. The Morgan fingerprint density at radius 3 is 2.50 bits per heavy atom. The monoisotopic (exact) mass is 196 g/mol. The molecule has 0 aliphatic heterocycles. The van der Waals surface area contributed by atoms with Crippen LogP contribution in [0.15, 0.2) is 18.2 Å². The molecule has 0 saturated heterocycles. The van der Waals surface area contributed by atoms with E-state index in [1.807, 2.05) is 26.8 Å². The third-order valence-electron chi connectivity index (χ3n) is 2.38. The van der Waals surface area contributed by atoms with Gasteiger partial charge in [0.2, 0.25) is 0 Å². The number of hydrogen-bond donors (Lipinski definition) is 2. The fraction of sp³-hybridized carbons (Fsp3) is 0.455. The summed E-state index contributed by atoms with van der Waals surface area (Å²) in [7, 11) is 0. The summed E-state index contributed by atoms with van der Waals surface area (Å²) in [5.74, 6) is -0.225. The zero-order valence-corrected chi connectivity index (χ0v) is 8.84. The van der Waals surface area contributed by atoms with Crippen LogP contribution in [0.1, 0.15) is 19.4 Å². The molecule has 2 nitrogen and oxygen atoms in total. The van der Waals surface area contributed by atoms with Gasteiger partial charge in [-0.15, -0.1) is 0 Å². The number of halogens is 1. The summed E-state index contributed by atoms with van der Waals surface area (Å²) in [6.45, 7) is 5.71. The third-order valence-corrected chi connectivity index (χ3v) is 2.38. The van der Waals surface area contributed by atoms with E-state index in [2.05, 4.69) is 5.32 Å². The Bertz CT molecular complexity index is 290. The van der Waals surface area contributed by atoms with Gasteiger partial charge in [-0.05, 0) is 32.4 Å². The molecule has 1 aromatic carbocycles. The number of para-hydroxylation sites is 1. The summed E-state index contributed by atoms with van der Waals surface area (Å²) in [4.78, 5) is 0. The highest BCUT2D eigenvalue weighted by atomic mass is 19.1. The predicted octanol–water partition coefficient (Wildman–Crippen LogP) is 2.28. The van der Waals surface area contributed by atoms with Crippen LogP contribution >= 0.6 is 0 Å². The van der Waals surface area contributed by atoms with Crippen molar-refractivity contribution >= 4 is 5.69 Å². The number of nitrogens with one attached hydrogen (secondary N) is 1. The molecular formula is C11H17FN2. The van der Waals surface area contributed by atoms with Crippen LogP contribution in [0.4, 0.5) is 10.1 Å².